The molecule has 1 N–H and O–H groups in total. The molecule has 2 aliphatic carbocycles. The number of hydrogen-bond donors (Lipinski definition) is 1. The molecule has 1 aromatic heterocycles. The number of dihydropyridines is 1. The Balaban J connectivity index is 1.04. The van der Waals surface area contributed by atoms with E-state index in [1.807, 2.05) is 0 Å². The van der Waals surface area contributed by atoms with Gasteiger partial charge in [0, 0.05) is 46.3 Å². The Morgan fingerprint density at radius 1 is 0.642 bits per heavy atom. The van der Waals surface area contributed by atoms with Crippen molar-refractivity contribution in [1.29, 1.82) is 0 Å². The van der Waals surface area contributed by atoms with E-state index < -0.39 is 0 Å². The number of benzene rings is 6. The van der Waals surface area contributed by atoms with Gasteiger partial charge in [0.1, 0.15) is 0 Å². The van der Waals surface area contributed by atoms with E-state index in [9.17, 15) is 0 Å². The van der Waals surface area contributed by atoms with Crippen molar-refractivity contribution in [2.24, 2.45) is 5.92 Å². The molecule has 0 bridgehead atoms. The number of nitrogens with one attached hydrogen (secondary N) is 1. The number of fused-ring (bicyclic) bond motifs is 6. The maximum atomic E-state index is 3.35. The van der Waals surface area contributed by atoms with Gasteiger partial charge in [0.25, 0.3) is 0 Å². The number of anilines is 2. The minimum absolute atomic E-state index is 0.0520. The van der Waals surface area contributed by atoms with E-state index in [2.05, 4.69) is 205 Å². The van der Waals surface area contributed by atoms with Gasteiger partial charge in [0.2, 0.25) is 0 Å². The van der Waals surface area contributed by atoms with Crippen LogP contribution in [0.1, 0.15) is 37.0 Å². The molecule has 0 radical (unpaired) electrons. The standard InChI is InChI=1S/C50H41N3/c1-50(2)46-16-8-6-14-42(46)43-28-27-41(32-47(43)50)52(40-25-20-35(21-26-40)37-11-10-30-51-33-37)39-23-18-34(19-24-39)36-22-29-49-45(31-36)44-15-7-9-17-48(44)53(49)38-12-4-3-5-13-38/h3-29,31,33,47,51H,30,32H2,1-2H3. The lowest BCUT2D eigenvalue weighted by atomic mass is 9.74. The fourth-order valence-electron chi connectivity index (χ4n) is 9.01. The minimum atomic E-state index is 0.0520. The Labute approximate surface area is 311 Å². The minimum Gasteiger partial charge on any atom is -0.387 e. The summed E-state index contributed by atoms with van der Waals surface area (Å²) in [4.78, 5) is 2.47. The third kappa shape index (κ3) is 5.18. The summed E-state index contributed by atoms with van der Waals surface area (Å²) in [6, 6.07) is 53.5. The molecule has 0 spiro atoms. The first-order valence-corrected chi connectivity index (χ1v) is 18.7. The first kappa shape index (κ1) is 31.4. The van der Waals surface area contributed by atoms with Crippen LogP contribution in [0.4, 0.5) is 11.4 Å². The number of aromatic nitrogens is 1. The van der Waals surface area contributed by atoms with Crippen molar-refractivity contribution < 1.29 is 0 Å². The molecule has 3 aliphatic rings. The molecule has 0 saturated heterocycles. The first-order chi connectivity index (χ1) is 26.0. The second-order valence-corrected chi connectivity index (χ2v) is 15.1. The number of rotatable bonds is 6. The summed E-state index contributed by atoms with van der Waals surface area (Å²) in [5.41, 5.74) is 16.5. The van der Waals surface area contributed by atoms with Crippen molar-refractivity contribution in [3.8, 4) is 16.8 Å². The molecule has 1 unspecified atom stereocenters. The van der Waals surface area contributed by atoms with Gasteiger partial charge in [-0.05, 0) is 117 Å². The van der Waals surface area contributed by atoms with Crippen LogP contribution in [-0.2, 0) is 5.41 Å². The summed E-state index contributed by atoms with van der Waals surface area (Å²) >= 11 is 0. The molecule has 1 aliphatic heterocycles. The lowest BCUT2D eigenvalue weighted by Crippen LogP contribution is -2.28. The van der Waals surface area contributed by atoms with Crippen LogP contribution >= 0.6 is 0 Å². The SMILES string of the molecule is CC1(C)c2ccccc2C2=CC=C(N(c3ccc(C4=CNCC=C4)cc3)c3ccc(-c4ccc5c(c4)c4ccccc4n5-c4ccccc4)cc3)CC21. The van der Waals surface area contributed by atoms with E-state index in [0.29, 0.717) is 5.92 Å². The Hall–Kier alpha value is -6.32. The van der Waals surface area contributed by atoms with Crippen LogP contribution in [0.3, 0.4) is 0 Å². The largest absolute Gasteiger partial charge is 0.387 e. The highest BCUT2D eigenvalue weighted by Crippen LogP contribution is 2.54. The maximum absolute atomic E-state index is 3.35. The molecular weight excluding hydrogens is 643 g/mol. The molecule has 0 amide bonds. The van der Waals surface area contributed by atoms with Gasteiger partial charge in [-0.25, -0.2) is 0 Å². The van der Waals surface area contributed by atoms with E-state index in [1.165, 1.54) is 77.8 Å². The predicted molar refractivity (Wildman–Crippen MR) is 224 cm³/mol. The van der Waals surface area contributed by atoms with Crippen LogP contribution in [-0.4, -0.2) is 11.1 Å². The average molecular weight is 684 g/mol. The molecule has 0 fully saturated rings. The molecular formula is C50H41N3. The molecule has 6 aromatic carbocycles. The van der Waals surface area contributed by atoms with E-state index >= 15 is 0 Å². The topological polar surface area (TPSA) is 20.2 Å². The van der Waals surface area contributed by atoms with Crippen LogP contribution in [0.5, 0.6) is 0 Å². The molecule has 2 heterocycles. The van der Waals surface area contributed by atoms with Gasteiger partial charge in [-0.1, -0.05) is 123 Å². The normalized spacial score (nSPS) is 17.1. The van der Waals surface area contributed by atoms with Crippen LogP contribution < -0.4 is 10.2 Å². The van der Waals surface area contributed by atoms with Gasteiger partial charge in [0.05, 0.1) is 11.0 Å². The number of hydrogen-bond acceptors (Lipinski definition) is 2. The van der Waals surface area contributed by atoms with Crippen molar-refractivity contribution >= 4 is 44.3 Å². The molecule has 10 rings (SSSR count). The monoisotopic (exact) mass is 683 g/mol. The average Bonchev–Trinajstić information content (AvgIpc) is 3.67. The molecule has 1 atom stereocenters. The summed E-state index contributed by atoms with van der Waals surface area (Å²) in [6.07, 6.45) is 12.2. The van der Waals surface area contributed by atoms with E-state index in [-0.39, 0.29) is 5.41 Å². The molecule has 53 heavy (non-hydrogen) atoms. The zero-order chi connectivity index (χ0) is 35.5. The summed E-state index contributed by atoms with van der Waals surface area (Å²) in [6.45, 7) is 5.71. The van der Waals surface area contributed by atoms with Gasteiger partial charge in [-0.3, -0.25) is 0 Å². The number of para-hydroxylation sites is 2. The fourth-order valence-corrected chi connectivity index (χ4v) is 9.01. The second kappa shape index (κ2) is 12.4. The Morgan fingerprint density at radius 3 is 2.09 bits per heavy atom. The van der Waals surface area contributed by atoms with Gasteiger partial charge < -0.3 is 14.8 Å². The van der Waals surface area contributed by atoms with Gasteiger partial charge in [-0.15, -0.1) is 0 Å². The van der Waals surface area contributed by atoms with Crippen molar-refractivity contribution in [2.45, 2.75) is 25.7 Å². The zero-order valence-electron chi connectivity index (χ0n) is 30.1. The second-order valence-electron chi connectivity index (χ2n) is 15.1. The highest BCUT2D eigenvalue weighted by atomic mass is 15.1. The van der Waals surface area contributed by atoms with Gasteiger partial charge >= 0.3 is 0 Å². The molecule has 0 saturated carbocycles. The van der Waals surface area contributed by atoms with E-state index in [4.69, 9.17) is 0 Å². The quantitative estimate of drug-likeness (QED) is 0.188. The van der Waals surface area contributed by atoms with Gasteiger partial charge in [0.15, 0.2) is 0 Å². The van der Waals surface area contributed by atoms with E-state index in [0.717, 1.165) is 18.7 Å². The van der Waals surface area contributed by atoms with Crippen LogP contribution in [0.25, 0.3) is 49.8 Å². The van der Waals surface area contributed by atoms with Crippen molar-refractivity contribution in [2.75, 3.05) is 11.4 Å². The highest BCUT2D eigenvalue weighted by Gasteiger charge is 2.44. The van der Waals surface area contributed by atoms with Crippen molar-refractivity contribution in [3.05, 3.63) is 198 Å². The highest BCUT2D eigenvalue weighted by molar-refractivity contribution is 6.10. The summed E-state index contributed by atoms with van der Waals surface area (Å²) in [7, 11) is 0. The van der Waals surface area contributed by atoms with Crippen LogP contribution in [0.2, 0.25) is 0 Å². The number of allylic oxidation sites excluding steroid dienone is 6. The van der Waals surface area contributed by atoms with Crippen molar-refractivity contribution in [3.63, 3.8) is 0 Å². The van der Waals surface area contributed by atoms with Crippen LogP contribution in [0.15, 0.2) is 182 Å². The summed E-state index contributed by atoms with van der Waals surface area (Å²) in [5.74, 6) is 0.411. The van der Waals surface area contributed by atoms with E-state index in [1.54, 1.807) is 0 Å². The fraction of sp³-hybridized carbons (Fsp3) is 0.120. The maximum Gasteiger partial charge on any atom is 0.0541 e. The summed E-state index contributed by atoms with van der Waals surface area (Å²) in [5, 5.41) is 5.89. The molecule has 256 valence electrons. The smallest absolute Gasteiger partial charge is 0.0541 e. The number of nitrogens with zero attached hydrogens (tertiary/aromatic N) is 2. The lowest BCUT2D eigenvalue weighted by Gasteiger charge is -2.36. The van der Waals surface area contributed by atoms with Crippen molar-refractivity contribution in [1.82, 2.24) is 9.88 Å². The molecule has 7 aromatic rings. The van der Waals surface area contributed by atoms with Gasteiger partial charge in [-0.2, -0.15) is 0 Å². The molecule has 3 nitrogen and oxygen atoms in total. The zero-order valence-corrected chi connectivity index (χ0v) is 30.1. The van der Waals surface area contributed by atoms with Crippen LogP contribution in [0, 0.1) is 5.92 Å². The Kier molecular flexibility index (Phi) is 7.36. The third-order valence-corrected chi connectivity index (χ3v) is 11.7. The summed E-state index contributed by atoms with van der Waals surface area (Å²) < 4.78 is 2.38. The molecule has 3 heteroatoms. The lowest BCUT2D eigenvalue weighted by molar-refractivity contribution is 0.406. The first-order valence-electron chi connectivity index (χ1n) is 18.7. The predicted octanol–water partition coefficient (Wildman–Crippen LogP) is 12.4. The third-order valence-electron chi connectivity index (χ3n) is 11.7. The Bertz CT molecular complexity index is 2650. The Morgan fingerprint density at radius 2 is 1.32 bits per heavy atom.